The summed E-state index contributed by atoms with van der Waals surface area (Å²) in [6.07, 6.45) is 1.54. The highest BCUT2D eigenvalue weighted by Crippen LogP contribution is 2.14. The van der Waals surface area contributed by atoms with Crippen molar-refractivity contribution in [3.05, 3.63) is 28.1 Å². The van der Waals surface area contributed by atoms with E-state index in [-0.39, 0.29) is 37.3 Å². The van der Waals surface area contributed by atoms with Gasteiger partial charge >= 0.3 is 0 Å². The third-order valence-electron chi connectivity index (χ3n) is 3.83. The molecule has 0 aliphatic carbocycles. The maximum Gasteiger partial charge on any atom is 0.271 e. The van der Waals surface area contributed by atoms with Gasteiger partial charge in [-0.3, -0.25) is 19.0 Å². The molecule has 9 nitrogen and oxygen atoms in total. The number of nitrogens with one attached hydrogen (secondary N) is 1. The molecule has 2 amide bonds. The monoisotopic (exact) mass is 366 g/mol. The van der Waals surface area contributed by atoms with E-state index in [1.165, 1.54) is 22.2 Å². The summed E-state index contributed by atoms with van der Waals surface area (Å²) in [6, 6.07) is 1.35. The number of primary amides is 1. The lowest BCUT2D eigenvalue weighted by molar-refractivity contribution is -0.131. The molecule has 0 unspecified atom stereocenters. The predicted molar refractivity (Wildman–Crippen MR) is 90.2 cm³/mol. The van der Waals surface area contributed by atoms with Crippen molar-refractivity contribution in [2.45, 2.75) is 25.1 Å². The van der Waals surface area contributed by atoms with Crippen molar-refractivity contribution in [2.75, 3.05) is 19.8 Å². The summed E-state index contributed by atoms with van der Waals surface area (Å²) in [5.74, 6) is -0.929. The first kappa shape index (κ1) is 17.5. The van der Waals surface area contributed by atoms with Crippen molar-refractivity contribution >= 4 is 33.4 Å². The number of hydrogen-bond acceptors (Lipinski definition) is 7. The van der Waals surface area contributed by atoms with Crippen molar-refractivity contribution in [1.29, 1.82) is 0 Å². The third-order valence-corrected chi connectivity index (χ3v) is 4.72. The van der Waals surface area contributed by atoms with Crippen LogP contribution in [0, 0.1) is 0 Å². The van der Waals surface area contributed by atoms with Gasteiger partial charge in [-0.25, -0.2) is 4.98 Å². The second-order valence-corrected chi connectivity index (χ2v) is 6.58. The summed E-state index contributed by atoms with van der Waals surface area (Å²) in [6.45, 7) is 0.384. The van der Waals surface area contributed by atoms with Gasteiger partial charge in [0.05, 0.1) is 30.6 Å². The highest BCUT2D eigenvalue weighted by Gasteiger charge is 2.28. The van der Waals surface area contributed by atoms with E-state index in [4.69, 9.17) is 15.2 Å². The van der Waals surface area contributed by atoms with Gasteiger partial charge in [0.2, 0.25) is 11.8 Å². The fourth-order valence-electron chi connectivity index (χ4n) is 2.64. The van der Waals surface area contributed by atoms with Gasteiger partial charge in [0.1, 0.15) is 17.9 Å². The Labute approximate surface area is 146 Å². The minimum absolute atomic E-state index is 0.154. The molecule has 3 N–H and O–H groups in total. The molecule has 0 spiro atoms. The number of rotatable bonds is 6. The smallest absolute Gasteiger partial charge is 0.271 e. The molecule has 0 bridgehead atoms. The number of nitrogens with zero attached hydrogens (tertiary/aromatic N) is 2. The highest BCUT2D eigenvalue weighted by molar-refractivity contribution is 7.17. The van der Waals surface area contributed by atoms with E-state index in [0.29, 0.717) is 23.2 Å². The van der Waals surface area contributed by atoms with E-state index in [1.54, 1.807) is 11.4 Å². The fraction of sp³-hybridized carbons (Fsp3) is 0.467. The Balaban J connectivity index is 1.64. The van der Waals surface area contributed by atoms with Crippen LogP contribution >= 0.6 is 11.3 Å². The number of thiophene rings is 1. The molecule has 25 heavy (non-hydrogen) atoms. The molecule has 3 rings (SSSR count). The topological polar surface area (TPSA) is 126 Å². The SMILES string of the molecule is NC(=O)CO[C@@H]1CCOC[C@@H]1NC(=O)Cn1cnc2ccsc2c1=O. The van der Waals surface area contributed by atoms with E-state index < -0.39 is 11.9 Å². The van der Waals surface area contributed by atoms with Crippen LogP contribution in [0.2, 0.25) is 0 Å². The highest BCUT2D eigenvalue weighted by atomic mass is 32.1. The number of hydrogen-bond donors (Lipinski definition) is 2. The summed E-state index contributed by atoms with van der Waals surface area (Å²) in [5.41, 5.74) is 5.45. The molecule has 1 aliphatic heterocycles. The summed E-state index contributed by atoms with van der Waals surface area (Å²) < 4.78 is 12.6. The number of fused-ring (bicyclic) bond motifs is 1. The van der Waals surface area contributed by atoms with E-state index in [2.05, 4.69) is 10.3 Å². The number of nitrogens with two attached hydrogens (primary N) is 1. The summed E-state index contributed by atoms with van der Waals surface area (Å²) >= 11 is 1.29. The molecule has 1 fully saturated rings. The Bertz CT molecular complexity index is 833. The maximum atomic E-state index is 12.3. The number of carbonyl (C=O) groups is 2. The third kappa shape index (κ3) is 4.21. The minimum atomic E-state index is -0.571. The molecule has 10 heteroatoms. The van der Waals surface area contributed by atoms with Gasteiger partial charge in [-0.2, -0.15) is 0 Å². The van der Waals surface area contributed by atoms with Gasteiger partial charge in [-0.1, -0.05) is 0 Å². The molecule has 0 saturated carbocycles. The van der Waals surface area contributed by atoms with Gasteiger partial charge in [0, 0.05) is 6.61 Å². The normalized spacial score (nSPS) is 20.5. The number of aromatic nitrogens is 2. The molecule has 3 heterocycles. The van der Waals surface area contributed by atoms with Crippen LogP contribution < -0.4 is 16.6 Å². The zero-order valence-electron chi connectivity index (χ0n) is 13.3. The molecule has 2 aromatic heterocycles. The Morgan fingerprint density at radius 1 is 1.52 bits per heavy atom. The molecule has 2 atom stereocenters. The molecule has 0 aromatic carbocycles. The lowest BCUT2D eigenvalue weighted by atomic mass is 10.1. The Morgan fingerprint density at radius 3 is 3.16 bits per heavy atom. The lowest BCUT2D eigenvalue weighted by Crippen LogP contribution is -2.52. The van der Waals surface area contributed by atoms with Crippen LogP contribution in [0.1, 0.15) is 6.42 Å². The van der Waals surface area contributed by atoms with Gasteiger partial charge in [0.15, 0.2) is 0 Å². The second-order valence-electron chi connectivity index (χ2n) is 5.67. The standard InChI is InChI=1S/C15H18N4O5S/c16-12(20)7-24-11-1-3-23-6-10(11)18-13(21)5-19-8-17-9-2-4-25-14(9)15(19)22/h2,4,8,10-11H,1,3,5-7H2,(H2,16,20)(H,18,21)/t10-,11+/m0/s1. The first-order valence-electron chi connectivity index (χ1n) is 7.74. The van der Waals surface area contributed by atoms with Gasteiger partial charge in [-0.15, -0.1) is 11.3 Å². The number of ether oxygens (including phenoxy) is 2. The Kier molecular flexibility index (Phi) is 5.41. The first-order valence-corrected chi connectivity index (χ1v) is 8.62. The molecule has 134 valence electrons. The Morgan fingerprint density at radius 2 is 2.36 bits per heavy atom. The predicted octanol–water partition coefficient (Wildman–Crippen LogP) is -0.766. The van der Waals surface area contributed by atoms with Crippen molar-refractivity contribution in [3.8, 4) is 0 Å². The maximum absolute atomic E-state index is 12.3. The largest absolute Gasteiger partial charge is 0.379 e. The molecular weight excluding hydrogens is 348 g/mol. The minimum Gasteiger partial charge on any atom is -0.379 e. The van der Waals surface area contributed by atoms with Crippen molar-refractivity contribution in [2.24, 2.45) is 5.73 Å². The van der Waals surface area contributed by atoms with Crippen molar-refractivity contribution < 1.29 is 19.1 Å². The Hall–Kier alpha value is -2.30. The van der Waals surface area contributed by atoms with Crippen LogP contribution in [0.4, 0.5) is 0 Å². The zero-order chi connectivity index (χ0) is 17.8. The average molecular weight is 366 g/mol. The molecule has 0 radical (unpaired) electrons. The molecular formula is C15H18N4O5S. The average Bonchev–Trinajstić information content (AvgIpc) is 3.06. The molecule has 1 aliphatic rings. The van der Waals surface area contributed by atoms with Crippen molar-refractivity contribution in [1.82, 2.24) is 14.9 Å². The van der Waals surface area contributed by atoms with Crippen LogP contribution in [0.15, 0.2) is 22.6 Å². The molecule has 1 saturated heterocycles. The van der Waals surface area contributed by atoms with Crippen LogP contribution in [-0.4, -0.2) is 53.3 Å². The van der Waals surface area contributed by atoms with Crippen LogP contribution in [-0.2, 0) is 25.6 Å². The van der Waals surface area contributed by atoms with Crippen molar-refractivity contribution in [3.63, 3.8) is 0 Å². The summed E-state index contributed by atoms with van der Waals surface area (Å²) in [5, 5.41) is 4.57. The van der Waals surface area contributed by atoms with Crippen LogP contribution in [0.3, 0.4) is 0 Å². The lowest BCUT2D eigenvalue weighted by Gasteiger charge is -2.31. The van der Waals surface area contributed by atoms with Crippen LogP contribution in [0.5, 0.6) is 0 Å². The second kappa shape index (κ2) is 7.72. The van der Waals surface area contributed by atoms with Gasteiger partial charge in [-0.05, 0) is 17.9 Å². The quantitative estimate of drug-likeness (QED) is 0.692. The van der Waals surface area contributed by atoms with E-state index in [9.17, 15) is 14.4 Å². The molecule has 2 aromatic rings. The van der Waals surface area contributed by atoms with E-state index in [0.717, 1.165) is 0 Å². The van der Waals surface area contributed by atoms with E-state index >= 15 is 0 Å². The fourth-order valence-corrected chi connectivity index (χ4v) is 3.43. The number of carbonyl (C=O) groups excluding carboxylic acids is 2. The summed E-state index contributed by atoms with van der Waals surface area (Å²) in [7, 11) is 0. The number of amides is 2. The van der Waals surface area contributed by atoms with Crippen LogP contribution in [0.25, 0.3) is 10.2 Å². The van der Waals surface area contributed by atoms with Gasteiger partial charge in [0.25, 0.3) is 5.56 Å². The zero-order valence-corrected chi connectivity index (χ0v) is 14.2. The van der Waals surface area contributed by atoms with Gasteiger partial charge < -0.3 is 20.5 Å². The first-order chi connectivity index (χ1) is 12.0. The van der Waals surface area contributed by atoms with E-state index in [1.807, 2.05) is 0 Å². The summed E-state index contributed by atoms with van der Waals surface area (Å²) in [4.78, 5) is 39.6.